The normalized spacial score (nSPS) is 18.9. The Morgan fingerprint density at radius 1 is 1.11 bits per heavy atom. The second-order valence-corrected chi connectivity index (χ2v) is 12.2. The maximum absolute atomic E-state index is 13.1. The lowest BCUT2D eigenvalue weighted by Gasteiger charge is -2.21. The number of aliphatic hydroxyl groups excluding tert-OH is 1. The van der Waals surface area contributed by atoms with E-state index in [4.69, 9.17) is 37.7 Å². The van der Waals surface area contributed by atoms with Crippen LogP contribution < -0.4 is 26.6 Å². The first-order chi connectivity index (χ1) is 22.1. The van der Waals surface area contributed by atoms with Crippen molar-refractivity contribution in [2.75, 3.05) is 25.6 Å². The molecule has 1 amide bonds. The van der Waals surface area contributed by atoms with Gasteiger partial charge in [-0.3, -0.25) is 14.2 Å². The molecule has 3 heterocycles. The van der Waals surface area contributed by atoms with E-state index in [1.165, 1.54) is 20.3 Å². The van der Waals surface area contributed by atoms with E-state index >= 15 is 0 Å². The van der Waals surface area contributed by atoms with Gasteiger partial charge in [0.25, 0.3) is 11.5 Å². The summed E-state index contributed by atoms with van der Waals surface area (Å²) in [5.74, 6) is -0.307. The number of amides is 1. The second-order valence-electron chi connectivity index (χ2n) is 11.5. The largest absolute Gasteiger partial charge is 0.481 e. The smallest absolute Gasteiger partial charge is 0.330 e. The first kappa shape index (κ1) is 32.0. The Morgan fingerprint density at radius 3 is 2.54 bits per heavy atom. The first-order valence-electron chi connectivity index (χ1n) is 14.9. The molecule has 1 fully saturated rings. The summed E-state index contributed by atoms with van der Waals surface area (Å²) in [4.78, 5) is 42.6. The molecule has 3 atom stereocenters. The quantitative estimate of drug-likeness (QED) is 0.256. The lowest BCUT2D eigenvalue weighted by molar-refractivity contribution is 0.0920. The van der Waals surface area contributed by atoms with E-state index in [-0.39, 0.29) is 28.4 Å². The number of aryl methyl sites for hydroxylation is 1. The number of pyridine rings is 1. The van der Waals surface area contributed by atoms with Crippen molar-refractivity contribution < 1.29 is 19.4 Å². The summed E-state index contributed by atoms with van der Waals surface area (Å²) in [6.45, 7) is 1.38. The van der Waals surface area contributed by atoms with Crippen LogP contribution in [0.2, 0.25) is 10.0 Å². The number of halogens is 2. The molecule has 46 heavy (non-hydrogen) atoms. The van der Waals surface area contributed by atoms with Crippen LogP contribution in [0.25, 0.3) is 22.4 Å². The van der Waals surface area contributed by atoms with Gasteiger partial charge in [-0.1, -0.05) is 53.5 Å². The minimum Gasteiger partial charge on any atom is -0.481 e. The number of rotatable bonds is 8. The number of hydrogen-bond acceptors (Lipinski definition) is 8. The number of nitrogens with one attached hydrogen (secondary N) is 2. The highest BCUT2D eigenvalue weighted by Crippen LogP contribution is 2.44. The van der Waals surface area contributed by atoms with E-state index in [1.807, 2.05) is 18.2 Å². The number of carbonyl (C=O) groups is 1. The topological polar surface area (TPSA) is 137 Å². The maximum Gasteiger partial charge on any atom is 0.330 e. The Hall–Kier alpha value is -4.00. The van der Waals surface area contributed by atoms with Crippen LogP contribution in [0.1, 0.15) is 40.4 Å². The Kier molecular flexibility index (Phi) is 9.04. The highest BCUT2D eigenvalue weighted by Gasteiger charge is 2.36. The summed E-state index contributed by atoms with van der Waals surface area (Å²) in [6.07, 6.45) is 3.11. The Morgan fingerprint density at radius 2 is 1.83 bits per heavy atom. The molecule has 0 radical (unpaired) electrons. The fourth-order valence-electron chi connectivity index (χ4n) is 6.14. The number of aromatic nitrogens is 3. The van der Waals surface area contributed by atoms with E-state index in [0.29, 0.717) is 46.3 Å². The highest BCUT2D eigenvalue weighted by molar-refractivity contribution is 6.39. The molecule has 6 rings (SSSR count). The lowest BCUT2D eigenvalue weighted by atomic mass is 9.99. The van der Waals surface area contributed by atoms with Crippen molar-refractivity contribution in [2.24, 2.45) is 14.1 Å². The van der Waals surface area contributed by atoms with Crippen LogP contribution in [0.3, 0.4) is 0 Å². The molecule has 3 N–H and O–H groups in total. The van der Waals surface area contributed by atoms with Gasteiger partial charge in [0, 0.05) is 62.1 Å². The van der Waals surface area contributed by atoms with E-state index in [0.717, 1.165) is 39.7 Å². The van der Waals surface area contributed by atoms with Crippen molar-refractivity contribution in [3.63, 3.8) is 0 Å². The van der Waals surface area contributed by atoms with Crippen LogP contribution in [0.5, 0.6) is 5.88 Å². The molecule has 2 aliphatic rings. The van der Waals surface area contributed by atoms with Crippen LogP contribution >= 0.6 is 23.2 Å². The van der Waals surface area contributed by atoms with E-state index < -0.39 is 23.3 Å². The molecule has 2 aromatic carbocycles. The predicted octanol–water partition coefficient (Wildman–Crippen LogP) is 4.11. The van der Waals surface area contributed by atoms with Gasteiger partial charge in [0.05, 0.1) is 46.8 Å². The number of aliphatic hydroxyl groups is 1. The van der Waals surface area contributed by atoms with Gasteiger partial charge < -0.3 is 29.8 Å². The van der Waals surface area contributed by atoms with Gasteiger partial charge in [-0.2, -0.15) is 0 Å². The Labute approximate surface area is 274 Å². The van der Waals surface area contributed by atoms with Crippen molar-refractivity contribution in [2.45, 2.75) is 37.5 Å². The number of hydrogen-bond donors (Lipinski definition) is 3. The molecule has 240 valence electrons. The zero-order chi connectivity index (χ0) is 32.7. The Balaban J connectivity index is 1.32. The molecule has 1 aliphatic carbocycles. The summed E-state index contributed by atoms with van der Waals surface area (Å²) in [5, 5.41) is 17.7. The number of carbonyl (C=O) groups excluding carboxylic acids is 1. The molecule has 0 saturated carbocycles. The van der Waals surface area contributed by atoms with Crippen molar-refractivity contribution in [1.82, 2.24) is 19.4 Å². The first-order valence-corrected chi connectivity index (χ1v) is 15.6. The fourth-order valence-corrected chi connectivity index (χ4v) is 6.74. The maximum atomic E-state index is 13.1. The summed E-state index contributed by atoms with van der Waals surface area (Å²) >= 11 is 13.8. The number of methoxy groups -OCH3 is 1. The van der Waals surface area contributed by atoms with Gasteiger partial charge in [0.2, 0.25) is 5.88 Å². The molecule has 0 bridgehead atoms. The summed E-state index contributed by atoms with van der Waals surface area (Å²) in [5.41, 5.74) is 2.85. The number of ether oxygens (including phenoxy) is 2. The number of anilines is 1. The number of nitrogens with zero attached hydrogens (tertiary/aromatic N) is 3. The van der Waals surface area contributed by atoms with Crippen molar-refractivity contribution in [3.8, 4) is 28.3 Å². The molecule has 11 nitrogen and oxygen atoms in total. The SMILES string of the molecule is COc1nc(-c2cccc(-c3cccc(NC(=O)c4cn(C)c(=O)n(C)c4=O)c3Cl)c2Cl)cc2c1[C@@H](NC[C@@H]1CCCO1)[C@H](O)C2. The summed E-state index contributed by atoms with van der Waals surface area (Å²) < 4.78 is 13.5. The van der Waals surface area contributed by atoms with Gasteiger partial charge in [0.1, 0.15) is 5.56 Å². The third-order valence-corrected chi connectivity index (χ3v) is 9.33. The molecule has 2 aromatic heterocycles. The van der Waals surface area contributed by atoms with Crippen molar-refractivity contribution in [3.05, 3.63) is 96.2 Å². The van der Waals surface area contributed by atoms with Gasteiger partial charge in [0.15, 0.2) is 0 Å². The van der Waals surface area contributed by atoms with Crippen LogP contribution in [0.4, 0.5) is 5.69 Å². The summed E-state index contributed by atoms with van der Waals surface area (Å²) in [7, 11) is 4.31. The van der Waals surface area contributed by atoms with Crippen LogP contribution in [-0.2, 0) is 25.3 Å². The second kappa shape index (κ2) is 13.0. The molecule has 1 saturated heterocycles. The summed E-state index contributed by atoms with van der Waals surface area (Å²) in [6, 6.07) is 12.1. The highest BCUT2D eigenvalue weighted by atomic mass is 35.5. The van der Waals surface area contributed by atoms with E-state index in [1.54, 1.807) is 31.4 Å². The third-order valence-electron chi connectivity index (χ3n) is 8.52. The molecule has 0 unspecified atom stereocenters. The van der Waals surface area contributed by atoms with E-state index in [2.05, 4.69) is 10.6 Å². The zero-order valence-electron chi connectivity index (χ0n) is 25.5. The zero-order valence-corrected chi connectivity index (χ0v) is 27.0. The molecular weight excluding hydrogens is 633 g/mol. The van der Waals surface area contributed by atoms with Crippen LogP contribution in [-0.4, -0.2) is 57.6 Å². The molecule has 0 spiro atoms. The lowest BCUT2D eigenvalue weighted by Crippen LogP contribution is -2.40. The van der Waals surface area contributed by atoms with Crippen LogP contribution in [0, 0.1) is 0 Å². The van der Waals surface area contributed by atoms with Gasteiger partial charge >= 0.3 is 5.69 Å². The number of fused-ring (bicyclic) bond motifs is 1. The molecular formula is C33H33Cl2N5O6. The number of benzene rings is 2. The average Bonchev–Trinajstić information content (AvgIpc) is 3.68. The van der Waals surface area contributed by atoms with E-state index in [9.17, 15) is 19.5 Å². The Bertz CT molecular complexity index is 1950. The fraction of sp³-hybridized carbons (Fsp3) is 0.333. The van der Waals surface area contributed by atoms with Crippen molar-refractivity contribution >= 4 is 34.8 Å². The standard InChI is InChI=1S/C33H33Cl2N5O6/c1-39-16-22(32(43)40(2)33(39)44)30(42)37-23-11-5-9-20(28(23)35)19-8-4-10-21(27(19)34)24-13-17-14-25(41)29(26(17)31(38-24)45-3)36-15-18-7-6-12-46-18/h4-5,8-11,13,16,18,25,29,36,41H,6-7,12,14-15H2,1-3H3,(H,37,42)/t18-,25+,29-/m0/s1. The van der Waals surface area contributed by atoms with Crippen LogP contribution in [0.15, 0.2) is 58.3 Å². The minimum absolute atomic E-state index is 0.121. The average molecular weight is 667 g/mol. The van der Waals surface area contributed by atoms with Gasteiger partial charge in [-0.05, 0) is 30.5 Å². The predicted molar refractivity (Wildman–Crippen MR) is 176 cm³/mol. The van der Waals surface area contributed by atoms with Crippen molar-refractivity contribution in [1.29, 1.82) is 0 Å². The van der Waals surface area contributed by atoms with Gasteiger partial charge in [-0.25, -0.2) is 9.78 Å². The molecule has 4 aromatic rings. The van der Waals surface area contributed by atoms with Gasteiger partial charge in [-0.15, -0.1) is 0 Å². The minimum atomic E-state index is -0.724. The third kappa shape index (κ3) is 5.85. The molecule has 1 aliphatic heterocycles. The molecule has 13 heteroatoms. The monoisotopic (exact) mass is 665 g/mol.